The van der Waals surface area contributed by atoms with E-state index in [0.717, 1.165) is 35.4 Å². The van der Waals surface area contributed by atoms with Gasteiger partial charge in [-0.1, -0.05) is 63.0 Å². The minimum atomic E-state index is -0.486. The Morgan fingerprint density at radius 2 is 1.50 bits per heavy atom. The van der Waals surface area contributed by atoms with E-state index in [1.165, 1.54) is 0 Å². The second kappa shape index (κ2) is 10.4. The fraction of sp³-hybridized carbons (Fsp3) is 0.406. The molecule has 1 heterocycles. The number of benzene rings is 2. The van der Waals surface area contributed by atoms with Crippen LogP contribution in [0.2, 0.25) is 10.0 Å². The van der Waals surface area contributed by atoms with Gasteiger partial charge in [-0.2, -0.15) is 0 Å². The van der Waals surface area contributed by atoms with Gasteiger partial charge in [0.15, 0.2) is 18.2 Å². The van der Waals surface area contributed by atoms with Crippen LogP contribution in [0.15, 0.2) is 58.9 Å². The molecule has 0 saturated carbocycles. The summed E-state index contributed by atoms with van der Waals surface area (Å²) in [5.41, 5.74) is 5.04. The zero-order valence-electron chi connectivity index (χ0n) is 23.5. The SMILES string of the molecule is Cc1ccc(NC(=O)COc2ccc(C3C4=C(CC(C)(C)CC4=O)NC4=C3C(=O)CC(C)(C)C4)cc2Cl)cc1Cl. The molecule has 0 fully saturated rings. The molecule has 210 valence electrons. The van der Waals surface area contributed by atoms with Crippen molar-refractivity contribution in [1.29, 1.82) is 0 Å². The van der Waals surface area contributed by atoms with Crippen LogP contribution in [-0.4, -0.2) is 24.1 Å². The molecule has 6 nitrogen and oxygen atoms in total. The monoisotopic (exact) mass is 580 g/mol. The molecule has 2 aromatic carbocycles. The number of halogens is 2. The summed E-state index contributed by atoms with van der Waals surface area (Å²) in [4.78, 5) is 39.5. The predicted octanol–water partition coefficient (Wildman–Crippen LogP) is 7.29. The van der Waals surface area contributed by atoms with Gasteiger partial charge in [-0.25, -0.2) is 0 Å². The second-order valence-electron chi connectivity index (χ2n) is 12.7. The summed E-state index contributed by atoms with van der Waals surface area (Å²) in [5, 5.41) is 7.15. The van der Waals surface area contributed by atoms with E-state index in [0.29, 0.717) is 45.5 Å². The van der Waals surface area contributed by atoms with Gasteiger partial charge in [-0.15, -0.1) is 0 Å². The maximum atomic E-state index is 13.5. The molecular formula is C32H34Cl2N2O4. The number of amides is 1. The van der Waals surface area contributed by atoms with Crippen LogP contribution >= 0.6 is 23.2 Å². The maximum absolute atomic E-state index is 13.5. The number of dihydropyridines is 1. The molecule has 40 heavy (non-hydrogen) atoms. The summed E-state index contributed by atoms with van der Waals surface area (Å²) in [6, 6.07) is 10.6. The van der Waals surface area contributed by atoms with Crippen molar-refractivity contribution in [3.63, 3.8) is 0 Å². The Morgan fingerprint density at radius 1 is 0.900 bits per heavy atom. The smallest absolute Gasteiger partial charge is 0.262 e. The fourth-order valence-electron chi connectivity index (χ4n) is 6.05. The van der Waals surface area contributed by atoms with Crippen LogP contribution < -0.4 is 15.4 Å². The molecule has 8 heteroatoms. The summed E-state index contributed by atoms with van der Waals surface area (Å²) in [6.07, 6.45) is 2.30. The third-order valence-corrected chi connectivity index (χ3v) is 8.53. The number of ketones is 2. The van der Waals surface area contributed by atoms with Crippen molar-refractivity contribution in [3.8, 4) is 5.75 Å². The highest BCUT2D eigenvalue weighted by Gasteiger charge is 2.46. The number of anilines is 1. The molecule has 1 aliphatic heterocycles. The number of nitrogens with one attached hydrogen (secondary N) is 2. The summed E-state index contributed by atoms with van der Waals surface area (Å²) in [5.74, 6) is -0.394. The second-order valence-corrected chi connectivity index (χ2v) is 13.5. The van der Waals surface area contributed by atoms with E-state index in [9.17, 15) is 14.4 Å². The number of aryl methyl sites for hydroxylation is 1. The first-order valence-electron chi connectivity index (χ1n) is 13.5. The quantitative estimate of drug-likeness (QED) is 0.387. The average Bonchev–Trinajstić information content (AvgIpc) is 2.82. The summed E-state index contributed by atoms with van der Waals surface area (Å²) in [7, 11) is 0. The molecule has 0 spiro atoms. The number of hydrogen-bond acceptors (Lipinski definition) is 5. The molecule has 5 rings (SSSR count). The van der Waals surface area contributed by atoms with Gasteiger partial charge in [0.05, 0.1) is 5.02 Å². The van der Waals surface area contributed by atoms with E-state index >= 15 is 0 Å². The van der Waals surface area contributed by atoms with Gasteiger partial charge >= 0.3 is 0 Å². The van der Waals surface area contributed by atoms with Crippen LogP contribution in [0.3, 0.4) is 0 Å². The first-order chi connectivity index (χ1) is 18.7. The molecule has 2 aliphatic carbocycles. The van der Waals surface area contributed by atoms with Gasteiger partial charge in [-0.3, -0.25) is 14.4 Å². The molecule has 0 unspecified atom stereocenters. The highest BCUT2D eigenvalue weighted by molar-refractivity contribution is 6.32. The Hall–Kier alpha value is -3.09. The minimum Gasteiger partial charge on any atom is -0.482 e. The number of rotatable bonds is 5. The van der Waals surface area contributed by atoms with Gasteiger partial charge in [0.1, 0.15) is 5.75 Å². The van der Waals surface area contributed by atoms with Gasteiger partial charge in [-0.05, 0) is 66.0 Å². The number of hydrogen-bond donors (Lipinski definition) is 2. The van der Waals surface area contributed by atoms with Gasteiger partial charge in [0.25, 0.3) is 5.91 Å². The molecule has 0 aromatic heterocycles. The van der Waals surface area contributed by atoms with Crippen LogP contribution in [-0.2, 0) is 14.4 Å². The normalized spacial score (nSPS) is 20.1. The third-order valence-electron chi connectivity index (χ3n) is 7.82. The highest BCUT2D eigenvalue weighted by atomic mass is 35.5. The zero-order valence-corrected chi connectivity index (χ0v) is 25.0. The molecule has 0 bridgehead atoms. The lowest BCUT2D eigenvalue weighted by Crippen LogP contribution is -2.42. The third kappa shape index (κ3) is 5.70. The Balaban J connectivity index is 1.42. The lowest BCUT2D eigenvalue weighted by Gasteiger charge is -2.44. The maximum Gasteiger partial charge on any atom is 0.262 e. The fourth-order valence-corrected chi connectivity index (χ4v) is 6.47. The van der Waals surface area contributed by atoms with Crippen LogP contribution in [0, 0.1) is 17.8 Å². The minimum absolute atomic E-state index is 0.0530. The summed E-state index contributed by atoms with van der Waals surface area (Å²) < 4.78 is 5.73. The number of ether oxygens (including phenoxy) is 1. The van der Waals surface area contributed by atoms with E-state index in [2.05, 4.69) is 38.3 Å². The zero-order chi connectivity index (χ0) is 29.0. The molecule has 2 N–H and O–H groups in total. The van der Waals surface area contributed by atoms with Crippen LogP contribution in [0.4, 0.5) is 5.69 Å². The molecule has 0 atom stereocenters. The van der Waals surface area contributed by atoms with Gasteiger partial charge in [0.2, 0.25) is 0 Å². The van der Waals surface area contributed by atoms with E-state index in [1.807, 2.05) is 19.1 Å². The van der Waals surface area contributed by atoms with Crippen molar-refractivity contribution in [2.24, 2.45) is 10.8 Å². The molecule has 1 amide bonds. The van der Waals surface area contributed by atoms with Crippen molar-refractivity contribution in [2.45, 2.75) is 66.2 Å². The van der Waals surface area contributed by atoms with E-state index in [-0.39, 0.29) is 34.9 Å². The van der Waals surface area contributed by atoms with Crippen molar-refractivity contribution >= 4 is 46.4 Å². The summed E-state index contributed by atoms with van der Waals surface area (Å²) >= 11 is 12.8. The molecule has 0 radical (unpaired) electrons. The van der Waals surface area contributed by atoms with Crippen molar-refractivity contribution < 1.29 is 19.1 Å². The Morgan fingerprint density at radius 3 is 2.05 bits per heavy atom. The van der Waals surface area contributed by atoms with E-state index in [4.69, 9.17) is 27.9 Å². The van der Waals surface area contributed by atoms with E-state index in [1.54, 1.807) is 24.3 Å². The summed E-state index contributed by atoms with van der Waals surface area (Å²) in [6.45, 7) is 10.0. The first kappa shape index (κ1) is 28.4. The molecular weight excluding hydrogens is 547 g/mol. The van der Waals surface area contributed by atoms with Gasteiger partial charge < -0.3 is 15.4 Å². The predicted molar refractivity (Wildman–Crippen MR) is 158 cm³/mol. The lowest BCUT2D eigenvalue weighted by molar-refractivity contribution is -0.119. The number of Topliss-reactive ketones (excluding diaryl/α,β-unsaturated/α-hetero) is 2. The van der Waals surface area contributed by atoms with Gasteiger partial charge in [0, 0.05) is 52.0 Å². The highest BCUT2D eigenvalue weighted by Crippen LogP contribution is 2.51. The average molecular weight is 582 g/mol. The number of carbonyl (C=O) groups excluding carboxylic acids is 3. The lowest BCUT2D eigenvalue weighted by atomic mass is 9.64. The molecule has 2 aromatic rings. The van der Waals surface area contributed by atoms with Crippen molar-refractivity contribution in [1.82, 2.24) is 5.32 Å². The Kier molecular flexibility index (Phi) is 7.38. The Labute approximate surface area is 245 Å². The molecule has 0 saturated heterocycles. The van der Waals surface area contributed by atoms with Crippen LogP contribution in [0.5, 0.6) is 5.75 Å². The number of allylic oxidation sites excluding steroid dienone is 4. The molecule has 3 aliphatic rings. The van der Waals surface area contributed by atoms with E-state index < -0.39 is 5.92 Å². The Bertz CT molecular complexity index is 1450. The van der Waals surface area contributed by atoms with Crippen LogP contribution in [0.25, 0.3) is 0 Å². The van der Waals surface area contributed by atoms with Crippen molar-refractivity contribution in [2.75, 3.05) is 11.9 Å². The standard InChI is InChI=1S/C32H34Cl2N2O4/c1-17-6-8-19(11-20(17)33)35-27(39)16-40-26-9-7-18(10-21(26)34)28-29-22(12-31(2,3)14-24(29)37)36-23-13-32(4,5)15-25(38)30(23)28/h6-11,28,36H,12-16H2,1-5H3,(H,35,39). The van der Waals surface area contributed by atoms with Crippen LogP contribution in [0.1, 0.15) is 70.4 Å². The van der Waals surface area contributed by atoms with Crippen molar-refractivity contribution in [3.05, 3.63) is 80.1 Å². The largest absolute Gasteiger partial charge is 0.482 e. The first-order valence-corrected chi connectivity index (χ1v) is 14.3. The topological polar surface area (TPSA) is 84.5 Å². The number of carbonyl (C=O) groups is 3.